The van der Waals surface area contributed by atoms with Crippen molar-refractivity contribution < 1.29 is 13.2 Å². The lowest BCUT2D eigenvalue weighted by atomic mass is 10.3. The first kappa shape index (κ1) is 13.8. The third kappa shape index (κ3) is 4.90. The molecule has 0 aromatic heterocycles. The Morgan fingerprint density at radius 2 is 2.00 bits per heavy atom. The molecule has 0 amide bonds. The van der Waals surface area contributed by atoms with Gasteiger partial charge in [0.15, 0.2) is 0 Å². The second kappa shape index (κ2) is 6.34. The topological polar surface area (TPSA) is 81.4 Å². The Morgan fingerprint density at radius 1 is 1.43 bits per heavy atom. The third-order valence-electron chi connectivity index (χ3n) is 1.98. The standard InChI is InChI=1S/C8H20N2O3S/c1-7(4-5-13-3)10-14(11,12)8(2)6-9/h7-8,10H,4-6,9H2,1-3H3. The lowest BCUT2D eigenvalue weighted by molar-refractivity contribution is 0.188. The van der Waals surface area contributed by atoms with Gasteiger partial charge < -0.3 is 10.5 Å². The van der Waals surface area contributed by atoms with Crippen molar-refractivity contribution in [3.63, 3.8) is 0 Å². The average molecular weight is 224 g/mol. The molecule has 0 aliphatic carbocycles. The lowest BCUT2D eigenvalue weighted by Crippen LogP contribution is -2.41. The van der Waals surface area contributed by atoms with E-state index in [9.17, 15) is 8.42 Å². The molecule has 2 atom stereocenters. The highest BCUT2D eigenvalue weighted by molar-refractivity contribution is 7.90. The molecule has 0 aromatic carbocycles. The normalized spacial score (nSPS) is 16.6. The Kier molecular flexibility index (Phi) is 6.26. The number of ether oxygens (including phenoxy) is 1. The molecule has 86 valence electrons. The first-order valence-corrected chi connectivity index (χ1v) is 6.18. The summed E-state index contributed by atoms with van der Waals surface area (Å²) in [5.74, 6) is 0. The second-order valence-corrected chi connectivity index (χ2v) is 5.52. The molecular formula is C8H20N2O3S. The number of sulfonamides is 1. The van der Waals surface area contributed by atoms with Crippen LogP contribution in [0.25, 0.3) is 0 Å². The Morgan fingerprint density at radius 3 is 2.43 bits per heavy atom. The molecule has 0 aliphatic heterocycles. The van der Waals surface area contributed by atoms with E-state index in [2.05, 4.69) is 4.72 Å². The van der Waals surface area contributed by atoms with E-state index in [4.69, 9.17) is 10.5 Å². The zero-order valence-corrected chi connectivity index (χ0v) is 9.80. The molecule has 0 fully saturated rings. The maximum atomic E-state index is 11.5. The first-order valence-electron chi connectivity index (χ1n) is 4.64. The zero-order valence-electron chi connectivity index (χ0n) is 8.99. The van der Waals surface area contributed by atoms with Crippen LogP contribution in [-0.4, -0.2) is 40.0 Å². The molecule has 0 saturated heterocycles. The highest BCUT2D eigenvalue weighted by Gasteiger charge is 2.20. The summed E-state index contributed by atoms with van der Waals surface area (Å²) >= 11 is 0. The summed E-state index contributed by atoms with van der Waals surface area (Å²) in [6, 6.07) is -0.117. The number of hydrogen-bond donors (Lipinski definition) is 2. The summed E-state index contributed by atoms with van der Waals surface area (Å²) in [6.45, 7) is 4.07. The maximum Gasteiger partial charge on any atom is 0.215 e. The van der Waals surface area contributed by atoms with Crippen molar-refractivity contribution in [3.05, 3.63) is 0 Å². The highest BCUT2D eigenvalue weighted by Crippen LogP contribution is 2.00. The minimum absolute atomic E-state index is 0.117. The predicted octanol–water partition coefficient (Wildman–Crippen LogP) is -0.322. The molecule has 0 saturated carbocycles. The van der Waals surface area contributed by atoms with Crippen molar-refractivity contribution in [2.45, 2.75) is 31.6 Å². The predicted molar refractivity (Wildman–Crippen MR) is 56.5 cm³/mol. The van der Waals surface area contributed by atoms with Crippen molar-refractivity contribution in [2.75, 3.05) is 20.3 Å². The van der Waals surface area contributed by atoms with Crippen LogP contribution >= 0.6 is 0 Å². The Balaban J connectivity index is 4.09. The molecule has 0 bridgehead atoms. The molecule has 0 heterocycles. The molecule has 0 aliphatic rings. The summed E-state index contributed by atoms with van der Waals surface area (Å²) < 4.78 is 30.4. The molecule has 14 heavy (non-hydrogen) atoms. The van der Waals surface area contributed by atoms with E-state index in [-0.39, 0.29) is 12.6 Å². The third-order valence-corrected chi connectivity index (χ3v) is 3.96. The number of methoxy groups -OCH3 is 1. The fourth-order valence-corrected chi connectivity index (χ4v) is 2.04. The number of rotatable bonds is 7. The molecular weight excluding hydrogens is 204 g/mol. The summed E-state index contributed by atoms with van der Waals surface area (Å²) in [7, 11) is -1.68. The van der Waals surface area contributed by atoms with E-state index in [1.165, 1.54) is 0 Å². The first-order chi connectivity index (χ1) is 6.44. The van der Waals surface area contributed by atoms with Gasteiger partial charge in [0.2, 0.25) is 10.0 Å². The van der Waals surface area contributed by atoms with Gasteiger partial charge in [-0.2, -0.15) is 0 Å². The smallest absolute Gasteiger partial charge is 0.215 e. The molecule has 0 rings (SSSR count). The minimum Gasteiger partial charge on any atom is -0.385 e. The van der Waals surface area contributed by atoms with Crippen molar-refractivity contribution >= 4 is 10.0 Å². The lowest BCUT2D eigenvalue weighted by Gasteiger charge is -2.16. The van der Waals surface area contributed by atoms with Gasteiger partial charge in [-0.15, -0.1) is 0 Å². The largest absolute Gasteiger partial charge is 0.385 e. The monoisotopic (exact) mass is 224 g/mol. The Bertz CT molecular complexity index is 241. The minimum atomic E-state index is -3.27. The molecule has 3 N–H and O–H groups in total. The van der Waals surface area contributed by atoms with E-state index >= 15 is 0 Å². The molecule has 5 nitrogen and oxygen atoms in total. The average Bonchev–Trinajstić information content (AvgIpc) is 2.12. The zero-order chi connectivity index (χ0) is 11.2. The van der Waals surface area contributed by atoms with Crippen LogP contribution in [0.3, 0.4) is 0 Å². The van der Waals surface area contributed by atoms with E-state index in [1.54, 1.807) is 21.0 Å². The van der Waals surface area contributed by atoms with Crippen LogP contribution in [0.4, 0.5) is 0 Å². The number of nitrogens with two attached hydrogens (primary N) is 1. The van der Waals surface area contributed by atoms with Crippen molar-refractivity contribution in [1.29, 1.82) is 0 Å². The van der Waals surface area contributed by atoms with E-state index in [0.717, 1.165) is 0 Å². The SMILES string of the molecule is COCCC(C)NS(=O)(=O)C(C)CN. The number of hydrogen-bond acceptors (Lipinski definition) is 4. The summed E-state index contributed by atoms with van der Waals surface area (Å²) in [5, 5.41) is -0.549. The second-order valence-electron chi connectivity index (χ2n) is 3.39. The van der Waals surface area contributed by atoms with Gasteiger partial charge in [-0.25, -0.2) is 13.1 Å². The van der Waals surface area contributed by atoms with Gasteiger partial charge in [0.25, 0.3) is 0 Å². The van der Waals surface area contributed by atoms with Crippen LogP contribution in [0, 0.1) is 0 Å². The van der Waals surface area contributed by atoms with Gasteiger partial charge in [0.05, 0.1) is 5.25 Å². The summed E-state index contributed by atoms with van der Waals surface area (Å²) in [5.41, 5.74) is 5.29. The van der Waals surface area contributed by atoms with E-state index in [1.807, 2.05) is 0 Å². The van der Waals surface area contributed by atoms with Gasteiger partial charge in [-0.05, 0) is 20.3 Å². The van der Waals surface area contributed by atoms with Crippen LogP contribution in [0.15, 0.2) is 0 Å². The molecule has 0 spiro atoms. The van der Waals surface area contributed by atoms with Crippen molar-refractivity contribution in [1.82, 2.24) is 4.72 Å². The van der Waals surface area contributed by atoms with Gasteiger partial charge in [0.1, 0.15) is 0 Å². The van der Waals surface area contributed by atoms with E-state index < -0.39 is 15.3 Å². The summed E-state index contributed by atoms with van der Waals surface area (Å²) in [4.78, 5) is 0. The summed E-state index contributed by atoms with van der Waals surface area (Å²) in [6.07, 6.45) is 0.660. The molecule has 2 unspecified atom stereocenters. The fourth-order valence-electron chi connectivity index (χ4n) is 0.877. The molecule has 0 aromatic rings. The Hall–Kier alpha value is -0.170. The van der Waals surface area contributed by atoms with Crippen molar-refractivity contribution in [2.24, 2.45) is 5.73 Å². The maximum absolute atomic E-state index is 11.5. The van der Waals surface area contributed by atoms with Crippen molar-refractivity contribution in [3.8, 4) is 0 Å². The van der Waals surface area contributed by atoms with Gasteiger partial charge >= 0.3 is 0 Å². The van der Waals surface area contributed by atoms with Crippen LogP contribution < -0.4 is 10.5 Å². The van der Waals surface area contributed by atoms with Crippen LogP contribution in [0.5, 0.6) is 0 Å². The quantitative estimate of drug-likeness (QED) is 0.621. The van der Waals surface area contributed by atoms with Crippen LogP contribution in [-0.2, 0) is 14.8 Å². The highest BCUT2D eigenvalue weighted by atomic mass is 32.2. The van der Waals surface area contributed by atoms with Gasteiger partial charge in [-0.1, -0.05) is 0 Å². The fraction of sp³-hybridized carbons (Fsp3) is 1.00. The molecule has 0 radical (unpaired) electrons. The van der Waals surface area contributed by atoms with Crippen LogP contribution in [0.2, 0.25) is 0 Å². The number of nitrogens with one attached hydrogen (secondary N) is 1. The van der Waals surface area contributed by atoms with E-state index in [0.29, 0.717) is 13.0 Å². The van der Waals surface area contributed by atoms with Gasteiger partial charge in [0, 0.05) is 26.3 Å². The Labute approximate surface area is 86.1 Å². The van der Waals surface area contributed by atoms with Crippen LogP contribution in [0.1, 0.15) is 20.3 Å². The van der Waals surface area contributed by atoms with Gasteiger partial charge in [-0.3, -0.25) is 0 Å². The molecule has 6 heteroatoms.